The molecule has 6 rings (SSSR count). The molecule has 11 heteroatoms. The van der Waals surface area contributed by atoms with Gasteiger partial charge in [0.2, 0.25) is 5.95 Å². The van der Waals surface area contributed by atoms with Crippen molar-refractivity contribution >= 4 is 22.8 Å². The zero-order valence-electron chi connectivity index (χ0n) is 18.7. The second-order valence-corrected chi connectivity index (χ2v) is 8.47. The van der Waals surface area contributed by atoms with E-state index >= 15 is 0 Å². The van der Waals surface area contributed by atoms with Crippen LogP contribution in [0.1, 0.15) is 17.5 Å². The highest BCUT2D eigenvalue weighted by Gasteiger charge is 2.32. The molecule has 2 aromatic carbocycles. The number of nitrogens with one attached hydrogen (secondary N) is 2. The zero-order valence-corrected chi connectivity index (χ0v) is 18.7. The van der Waals surface area contributed by atoms with Crippen molar-refractivity contribution in [2.75, 3.05) is 18.4 Å². The summed E-state index contributed by atoms with van der Waals surface area (Å²) < 4.78 is 30.9. The Labute approximate surface area is 198 Å². The SMILES string of the molecule is Cn1nccc1Nc1nccc(-c2ccc3c(c2)nnn3[C@@H]2CNC[C@H]2c2ccc(F)c(F)c2)n1. The largest absolute Gasteiger partial charge is 0.314 e. The van der Waals surface area contributed by atoms with Crippen LogP contribution in [0.5, 0.6) is 0 Å². The number of aromatic nitrogens is 7. The number of hydrogen-bond donors (Lipinski definition) is 2. The molecular formula is C24H21F2N9. The van der Waals surface area contributed by atoms with Crippen LogP contribution >= 0.6 is 0 Å². The molecule has 5 aromatic rings. The van der Waals surface area contributed by atoms with Gasteiger partial charge in [-0.2, -0.15) is 5.10 Å². The molecule has 1 saturated heterocycles. The van der Waals surface area contributed by atoms with Gasteiger partial charge in [-0.15, -0.1) is 5.10 Å². The van der Waals surface area contributed by atoms with Crippen LogP contribution in [0.25, 0.3) is 22.3 Å². The second kappa shape index (κ2) is 8.51. The van der Waals surface area contributed by atoms with Crippen molar-refractivity contribution in [1.82, 2.24) is 40.1 Å². The van der Waals surface area contributed by atoms with Gasteiger partial charge < -0.3 is 10.6 Å². The molecule has 2 N–H and O–H groups in total. The monoisotopic (exact) mass is 473 g/mol. The average molecular weight is 473 g/mol. The number of benzene rings is 2. The van der Waals surface area contributed by atoms with Crippen LogP contribution in [0.2, 0.25) is 0 Å². The van der Waals surface area contributed by atoms with Crippen LogP contribution in [0, 0.1) is 11.6 Å². The lowest BCUT2D eigenvalue weighted by molar-refractivity contribution is 0.445. The summed E-state index contributed by atoms with van der Waals surface area (Å²) in [6.07, 6.45) is 3.39. The van der Waals surface area contributed by atoms with Gasteiger partial charge in [-0.05, 0) is 35.9 Å². The van der Waals surface area contributed by atoms with Gasteiger partial charge in [-0.1, -0.05) is 17.3 Å². The van der Waals surface area contributed by atoms with Gasteiger partial charge in [0, 0.05) is 43.9 Å². The lowest BCUT2D eigenvalue weighted by Gasteiger charge is -2.20. The van der Waals surface area contributed by atoms with Gasteiger partial charge in [-0.3, -0.25) is 4.68 Å². The minimum atomic E-state index is -0.849. The van der Waals surface area contributed by atoms with E-state index in [4.69, 9.17) is 0 Å². The van der Waals surface area contributed by atoms with E-state index in [0.29, 0.717) is 19.0 Å². The minimum Gasteiger partial charge on any atom is -0.314 e. The zero-order chi connectivity index (χ0) is 23.9. The third-order valence-electron chi connectivity index (χ3n) is 6.35. The summed E-state index contributed by atoms with van der Waals surface area (Å²) in [4.78, 5) is 8.92. The molecule has 0 radical (unpaired) electrons. The normalized spacial score (nSPS) is 17.8. The Kier molecular flexibility index (Phi) is 5.18. The molecule has 2 atom stereocenters. The maximum atomic E-state index is 13.9. The summed E-state index contributed by atoms with van der Waals surface area (Å²) in [6.45, 7) is 1.29. The van der Waals surface area contributed by atoms with Gasteiger partial charge in [0.1, 0.15) is 11.3 Å². The quantitative estimate of drug-likeness (QED) is 0.403. The molecule has 1 aliphatic heterocycles. The Morgan fingerprint density at radius 1 is 1.00 bits per heavy atom. The predicted octanol–water partition coefficient (Wildman–Crippen LogP) is 3.57. The molecule has 35 heavy (non-hydrogen) atoms. The second-order valence-electron chi connectivity index (χ2n) is 8.47. The van der Waals surface area contributed by atoms with Crippen molar-refractivity contribution in [3.05, 3.63) is 78.1 Å². The van der Waals surface area contributed by atoms with Crippen LogP contribution in [-0.4, -0.2) is 47.8 Å². The van der Waals surface area contributed by atoms with E-state index in [9.17, 15) is 8.78 Å². The molecule has 1 fully saturated rings. The number of fused-ring (bicyclic) bond motifs is 1. The predicted molar refractivity (Wildman–Crippen MR) is 126 cm³/mol. The van der Waals surface area contributed by atoms with Crippen LogP contribution in [-0.2, 0) is 7.05 Å². The molecule has 0 spiro atoms. The molecule has 9 nitrogen and oxygen atoms in total. The van der Waals surface area contributed by atoms with E-state index in [0.717, 1.165) is 33.7 Å². The standard InChI is InChI=1S/C24H21F2N9/c1-34-23(7-9-29-34)31-24-28-8-6-19(30-24)15-3-5-21-20(11-15)32-33-35(21)22-13-27-12-16(22)14-2-4-17(25)18(26)10-14/h2-11,16,22,27H,12-13H2,1H3,(H,28,30,31)/t16-,22+/m0/s1. The Balaban J connectivity index is 1.30. The van der Waals surface area contributed by atoms with Gasteiger partial charge in [0.15, 0.2) is 11.6 Å². The topological polar surface area (TPSA) is 98.4 Å². The minimum absolute atomic E-state index is 0.0582. The maximum absolute atomic E-state index is 13.9. The van der Waals surface area contributed by atoms with Gasteiger partial charge in [0.25, 0.3) is 0 Å². The third kappa shape index (κ3) is 3.89. The highest BCUT2D eigenvalue weighted by atomic mass is 19.2. The molecule has 1 aliphatic rings. The highest BCUT2D eigenvalue weighted by Crippen LogP contribution is 2.34. The first-order valence-electron chi connectivity index (χ1n) is 11.2. The fourth-order valence-electron chi connectivity index (χ4n) is 4.54. The molecular weight excluding hydrogens is 452 g/mol. The van der Waals surface area contributed by atoms with Crippen LogP contribution in [0.4, 0.5) is 20.5 Å². The van der Waals surface area contributed by atoms with Gasteiger partial charge in [0.05, 0.1) is 23.4 Å². The fraction of sp³-hybridized carbons (Fsp3) is 0.208. The van der Waals surface area contributed by atoms with Crippen molar-refractivity contribution in [2.24, 2.45) is 7.05 Å². The smallest absolute Gasteiger partial charge is 0.228 e. The van der Waals surface area contributed by atoms with Crippen LogP contribution < -0.4 is 10.6 Å². The number of halogens is 2. The Morgan fingerprint density at radius 2 is 1.91 bits per heavy atom. The van der Waals surface area contributed by atoms with Gasteiger partial charge in [-0.25, -0.2) is 23.4 Å². The number of rotatable bonds is 5. The van der Waals surface area contributed by atoms with Crippen molar-refractivity contribution in [2.45, 2.75) is 12.0 Å². The van der Waals surface area contributed by atoms with E-state index in [1.165, 1.54) is 12.1 Å². The first-order valence-corrected chi connectivity index (χ1v) is 11.2. The maximum Gasteiger partial charge on any atom is 0.228 e. The summed E-state index contributed by atoms with van der Waals surface area (Å²) in [7, 11) is 1.83. The third-order valence-corrected chi connectivity index (χ3v) is 6.35. The van der Waals surface area contributed by atoms with E-state index < -0.39 is 11.6 Å². The lowest BCUT2D eigenvalue weighted by Crippen LogP contribution is -2.18. The van der Waals surface area contributed by atoms with Crippen molar-refractivity contribution in [3.63, 3.8) is 0 Å². The molecule has 4 heterocycles. The van der Waals surface area contributed by atoms with Crippen molar-refractivity contribution < 1.29 is 8.78 Å². The number of hydrogen-bond acceptors (Lipinski definition) is 7. The van der Waals surface area contributed by atoms with E-state index in [1.54, 1.807) is 23.1 Å². The Hall–Kier alpha value is -4.25. The van der Waals surface area contributed by atoms with E-state index in [2.05, 4.69) is 36.0 Å². The van der Waals surface area contributed by atoms with Crippen LogP contribution in [0.15, 0.2) is 60.9 Å². The summed E-state index contributed by atoms with van der Waals surface area (Å²) in [5, 5.41) is 19.4. The molecule has 0 aliphatic carbocycles. The van der Waals surface area contributed by atoms with E-state index in [-0.39, 0.29) is 12.0 Å². The highest BCUT2D eigenvalue weighted by molar-refractivity contribution is 5.81. The molecule has 0 bridgehead atoms. The Morgan fingerprint density at radius 3 is 2.74 bits per heavy atom. The van der Waals surface area contributed by atoms with Crippen molar-refractivity contribution in [1.29, 1.82) is 0 Å². The van der Waals surface area contributed by atoms with E-state index in [1.807, 2.05) is 42.1 Å². The summed E-state index contributed by atoms with van der Waals surface area (Å²) in [5.74, 6) is -0.513. The van der Waals surface area contributed by atoms with Gasteiger partial charge >= 0.3 is 0 Å². The molecule has 176 valence electrons. The Bertz CT molecular complexity index is 1530. The summed E-state index contributed by atoms with van der Waals surface area (Å²) in [6, 6.07) is 13.5. The molecule has 0 saturated carbocycles. The molecule has 0 unspecified atom stereocenters. The van der Waals surface area contributed by atoms with Crippen LogP contribution in [0.3, 0.4) is 0 Å². The average Bonchev–Trinajstić information content (AvgIpc) is 3.60. The number of aryl methyl sites for hydroxylation is 1. The lowest BCUT2D eigenvalue weighted by atomic mass is 9.94. The number of nitrogens with zero attached hydrogens (tertiary/aromatic N) is 7. The molecule has 3 aromatic heterocycles. The summed E-state index contributed by atoms with van der Waals surface area (Å²) >= 11 is 0. The first kappa shape index (κ1) is 21.3. The first-order chi connectivity index (χ1) is 17.1. The summed E-state index contributed by atoms with van der Waals surface area (Å²) in [5.41, 5.74) is 3.93. The fourth-order valence-corrected chi connectivity index (χ4v) is 4.54. The number of anilines is 2. The molecule has 0 amide bonds. The van der Waals surface area contributed by atoms with Crippen molar-refractivity contribution in [3.8, 4) is 11.3 Å².